The number of nitro groups is 1. The molecule has 2 aliphatic heterocycles. The van der Waals surface area contributed by atoms with Gasteiger partial charge in [-0.3, -0.25) is 14.9 Å². The first kappa shape index (κ1) is 15.3. The monoisotopic (exact) mass is 353 g/mol. The second kappa shape index (κ2) is 5.01. The molecule has 0 radical (unpaired) electrons. The third-order valence-electron chi connectivity index (χ3n) is 5.84. The van der Waals surface area contributed by atoms with E-state index in [9.17, 15) is 24.8 Å². The predicted octanol–water partition coefficient (Wildman–Crippen LogP) is 2.04. The first-order valence-electron chi connectivity index (χ1n) is 8.49. The van der Waals surface area contributed by atoms with Gasteiger partial charge in [0.2, 0.25) is 0 Å². The van der Waals surface area contributed by atoms with Crippen LogP contribution >= 0.6 is 0 Å². The van der Waals surface area contributed by atoms with Crippen LogP contribution in [-0.2, 0) is 4.79 Å². The van der Waals surface area contributed by atoms with Gasteiger partial charge < -0.3 is 10.0 Å². The number of piperidine rings is 1. The lowest BCUT2D eigenvalue weighted by atomic mass is 9.98. The number of fused-ring (bicyclic) bond motifs is 6. The molecule has 3 fully saturated rings. The fourth-order valence-electron chi connectivity index (χ4n) is 4.79. The molecule has 2 aromatic carbocycles. The molecule has 1 N–H and O–H groups in total. The Kier molecular flexibility index (Phi) is 2.94. The molecular weight excluding hydrogens is 338 g/mol. The number of non-ortho nitro benzene ring substituents is 1. The number of carbonyl (C=O) groups excluding carboxylic acids is 2. The van der Waals surface area contributed by atoms with E-state index >= 15 is 0 Å². The number of hydrogen-bond acceptors (Lipinski definition) is 5. The minimum Gasteiger partial charge on any atom is -0.391 e. The molecule has 8 heteroatoms. The molecule has 132 valence electrons. The normalized spacial score (nSPS) is 29.7. The average Bonchev–Trinajstić information content (AvgIpc) is 3.25. The van der Waals surface area contributed by atoms with E-state index in [1.54, 1.807) is 24.3 Å². The third-order valence-corrected chi connectivity index (χ3v) is 5.84. The Morgan fingerprint density at radius 3 is 2.54 bits per heavy atom. The molecule has 2 heterocycles. The maximum absolute atomic E-state index is 13.0. The predicted molar refractivity (Wildman–Crippen MR) is 91.6 cm³/mol. The minimum atomic E-state index is -0.596. The number of aliphatic hydroxyl groups is 1. The Bertz CT molecular complexity index is 990. The summed E-state index contributed by atoms with van der Waals surface area (Å²) in [5.74, 6) is -0.339. The number of imide groups is 1. The number of anilines is 1. The molecular formula is C18H15N3O5. The number of aliphatic hydroxyl groups excluding tert-OH is 1. The first-order chi connectivity index (χ1) is 12.5. The number of hydrogen-bond donors (Lipinski definition) is 1. The molecule has 0 aromatic heterocycles. The van der Waals surface area contributed by atoms with Crippen LogP contribution in [0.4, 0.5) is 16.2 Å². The zero-order valence-corrected chi connectivity index (χ0v) is 13.6. The summed E-state index contributed by atoms with van der Waals surface area (Å²) in [5.41, 5.74) is 0.281. The summed E-state index contributed by atoms with van der Waals surface area (Å²) in [6.45, 7) is 0. The molecule has 8 nitrogen and oxygen atoms in total. The van der Waals surface area contributed by atoms with Crippen molar-refractivity contribution in [1.29, 1.82) is 0 Å². The van der Waals surface area contributed by atoms with E-state index in [2.05, 4.69) is 0 Å². The number of benzene rings is 2. The smallest absolute Gasteiger partial charge is 0.332 e. The Balaban J connectivity index is 1.66. The van der Waals surface area contributed by atoms with Crippen molar-refractivity contribution in [3.8, 4) is 0 Å². The highest BCUT2D eigenvalue weighted by atomic mass is 16.6. The van der Waals surface area contributed by atoms with Gasteiger partial charge in [0.05, 0.1) is 28.1 Å². The zero-order valence-electron chi connectivity index (χ0n) is 13.6. The van der Waals surface area contributed by atoms with Crippen molar-refractivity contribution in [2.75, 3.05) is 4.90 Å². The van der Waals surface area contributed by atoms with Gasteiger partial charge >= 0.3 is 6.03 Å². The maximum atomic E-state index is 13.0. The minimum absolute atomic E-state index is 0.0271. The number of carbonyl (C=O) groups is 2. The molecule has 2 bridgehead atoms. The van der Waals surface area contributed by atoms with E-state index in [1.165, 1.54) is 17.0 Å². The molecule has 1 saturated carbocycles. The van der Waals surface area contributed by atoms with Crippen LogP contribution < -0.4 is 4.90 Å². The Labute approximate surface area is 147 Å². The quantitative estimate of drug-likeness (QED) is 0.505. The Hall–Kier alpha value is -3.00. The molecule has 0 spiro atoms. The number of nitrogens with zero attached hydrogens (tertiary/aromatic N) is 3. The SMILES string of the molecule is O=C1C2C3CC(O)C(C3)N2C(=O)N1c1ccc([N+](=O)[O-])c2ccccc12. The van der Waals surface area contributed by atoms with Crippen molar-refractivity contribution in [3.63, 3.8) is 0 Å². The van der Waals surface area contributed by atoms with Crippen LogP contribution in [0.2, 0.25) is 0 Å². The van der Waals surface area contributed by atoms with Crippen LogP contribution in [0.15, 0.2) is 36.4 Å². The number of urea groups is 1. The molecule has 2 aromatic rings. The van der Waals surface area contributed by atoms with E-state index in [0.29, 0.717) is 29.3 Å². The summed E-state index contributed by atoms with van der Waals surface area (Å²) in [4.78, 5) is 39.4. The van der Waals surface area contributed by atoms with Crippen LogP contribution in [0, 0.1) is 16.0 Å². The average molecular weight is 353 g/mol. The second-order valence-electron chi connectivity index (χ2n) is 7.08. The standard InChI is InChI=1S/C18H15N3O5/c22-15-8-9-7-14(15)19-16(9)17(23)20(18(19)24)12-5-6-13(21(25)26)11-4-2-1-3-10(11)12/h1-6,9,14-16,22H,7-8H2. The van der Waals surface area contributed by atoms with Crippen LogP contribution in [0.25, 0.3) is 10.8 Å². The van der Waals surface area contributed by atoms with Crippen molar-refractivity contribution < 1.29 is 19.6 Å². The van der Waals surface area contributed by atoms with E-state index < -0.39 is 23.1 Å². The van der Waals surface area contributed by atoms with Crippen molar-refractivity contribution in [2.24, 2.45) is 5.92 Å². The maximum Gasteiger partial charge on any atom is 0.332 e. The topological polar surface area (TPSA) is 104 Å². The molecule has 5 rings (SSSR count). The lowest BCUT2D eigenvalue weighted by Crippen LogP contribution is -2.47. The fraction of sp³-hybridized carbons (Fsp3) is 0.333. The van der Waals surface area contributed by atoms with Gasteiger partial charge in [-0.05, 0) is 30.9 Å². The summed E-state index contributed by atoms with van der Waals surface area (Å²) < 4.78 is 0. The van der Waals surface area contributed by atoms with Gasteiger partial charge in [-0.2, -0.15) is 0 Å². The summed E-state index contributed by atoms with van der Waals surface area (Å²) in [5, 5.41) is 22.3. The highest BCUT2D eigenvalue weighted by Gasteiger charge is 2.62. The lowest BCUT2D eigenvalue weighted by Gasteiger charge is -2.29. The lowest BCUT2D eigenvalue weighted by molar-refractivity contribution is -0.383. The van der Waals surface area contributed by atoms with Gasteiger partial charge in [-0.1, -0.05) is 18.2 Å². The summed E-state index contributed by atoms with van der Waals surface area (Å²) in [6, 6.07) is 8.14. The van der Waals surface area contributed by atoms with Crippen LogP contribution in [0.5, 0.6) is 0 Å². The van der Waals surface area contributed by atoms with Gasteiger partial charge in [-0.25, -0.2) is 9.69 Å². The molecule has 1 aliphatic carbocycles. The highest BCUT2D eigenvalue weighted by Crippen LogP contribution is 2.48. The van der Waals surface area contributed by atoms with Crippen LogP contribution in [-0.4, -0.2) is 45.1 Å². The van der Waals surface area contributed by atoms with Gasteiger partial charge in [0.15, 0.2) is 0 Å². The van der Waals surface area contributed by atoms with Crippen molar-refractivity contribution in [1.82, 2.24) is 4.90 Å². The summed E-state index contributed by atoms with van der Waals surface area (Å²) in [6.07, 6.45) is 0.583. The van der Waals surface area contributed by atoms with E-state index in [1.807, 2.05) is 0 Å². The first-order valence-corrected chi connectivity index (χ1v) is 8.49. The zero-order chi connectivity index (χ0) is 18.2. The largest absolute Gasteiger partial charge is 0.391 e. The number of rotatable bonds is 2. The van der Waals surface area contributed by atoms with Crippen molar-refractivity contribution in [3.05, 3.63) is 46.5 Å². The molecule has 4 unspecified atom stereocenters. The molecule has 4 atom stereocenters. The highest BCUT2D eigenvalue weighted by molar-refractivity contribution is 6.25. The number of nitro benzene ring substituents is 1. The summed E-state index contributed by atoms with van der Waals surface area (Å²) in [7, 11) is 0. The molecule has 2 saturated heterocycles. The number of amides is 3. The molecule has 26 heavy (non-hydrogen) atoms. The van der Waals surface area contributed by atoms with Crippen LogP contribution in [0.1, 0.15) is 12.8 Å². The van der Waals surface area contributed by atoms with Crippen molar-refractivity contribution >= 4 is 34.1 Å². The van der Waals surface area contributed by atoms with Gasteiger partial charge in [0.1, 0.15) is 6.04 Å². The Morgan fingerprint density at radius 2 is 1.81 bits per heavy atom. The molecule has 3 aliphatic rings. The molecule has 3 amide bonds. The Morgan fingerprint density at radius 1 is 1.08 bits per heavy atom. The van der Waals surface area contributed by atoms with E-state index in [0.717, 1.165) is 4.90 Å². The third kappa shape index (κ3) is 1.76. The van der Waals surface area contributed by atoms with Crippen molar-refractivity contribution in [2.45, 2.75) is 31.0 Å². The van der Waals surface area contributed by atoms with Gasteiger partial charge in [0, 0.05) is 11.5 Å². The van der Waals surface area contributed by atoms with Crippen LogP contribution in [0.3, 0.4) is 0 Å². The van der Waals surface area contributed by atoms with Gasteiger partial charge in [-0.15, -0.1) is 0 Å². The van der Waals surface area contributed by atoms with E-state index in [4.69, 9.17) is 0 Å². The second-order valence-corrected chi connectivity index (χ2v) is 7.08. The summed E-state index contributed by atoms with van der Waals surface area (Å²) >= 11 is 0. The van der Waals surface area contributed by atoms with Gasteiger partial charge in [0.25, 0.3) is 11.6 Å². The fourth-order valence-corrected chi connectivity index (χ4v) is 4.79. The van der Waals surface area contributed by atoms with E-state index in [-0.39, 0.29) is 23.6 Å².